The van der Waals surface area contributed by atoms with Crippen molar-refractivity contribution in [2.45, 2.75) is 44.4 Å². The molecule has 2 aromatic carbocycles. The van der Waals surface area contributed by atoms with Crippen LogP contribution in [0.25, 0.3) is 33.3 Å². The van der Waals surface area contributed by atoms with Crippen molar-refractivity contribution < 1.29 is 32.9 Å². The molecule has 10 heteroatoms. The molecule has 2 saturated heterocycles. The number of nitrogens with zero attached hydrogens (tertiary/aromatic N) is 2. The van der Waals surface area contributed by atoms with Crippen molar-refractivity contribution in [3.8, 4) is 23.0 Å². The fourth-order valence-corrected chi connectivity index (χ4v) is 6.45. The molecule has 43 heavy (non-hydrogen) atoms. The van der Waals surface area contributed by atoms with Crippen molar-refractivity contribution in [2.24, 2.45) is 17.6 Å². The highest BCUT2D eigenvalue weighted by Crippen LogP contribution is 2.44. The molecule has 0 spiro atoms. The van der Waals surface area contributed by atoms with E-state index < -0.39 is 12.2 Å². The summed E-state index contributed by atoms with van der Waals surface area (Å²) >= 11 is 0. The number of alkyl halides is 1. The summed E-state index contributed by atoms with van der Waals surface area (Å²) in [6, 6.07) is 11.2. The van der Waals surface area contributed by atoms with Gasteiger partial charge in [-0.25, -0.2) is 4.39 Å². The number of fused-ring (bicyclic) bond motifs is 2. The number of carbonyl (C=O) groups excluding carboxylic acids is 1. The number of ether oxygens (including phenoxy) is 3. The number of hydrogen-bond acceptors (Lipinski definition) is 7. The van der Waals surface area contributed by atoms with E-state index in [9.17, 15) is 14.3 Å². The summed E-state index contributed by atoms with van der Waals surface area (Å²) < 4.78 is 40.6. The SMILES string of the molecule is COc1cc(C(=O)N2C[C@H](N)C[C@@H](F)C2)cc2oc(-c3cc4cccc(OCC5COC5)c4n3CC3CC3)c(CCO)c12. The fraction of sp³-hybridized carbons (Fsp3) is 0.485. The smallest absolute Gasteiger partial charge is 0.254 e. The van der Waals surface area contributed by atoms with E-state index >= 15 is 0 Å². The molecule has 1 amide bonds. The molecule has 1 saturated carbocycles. The zero-order valence-electron chi connectivity index (χ0n) is 24.4. The monoisotopic (exact) mass is 591 g/mol. The minimum Gasteiger partial charge on any atom is -0.496 e. The summed E-state index contributed by atoms with van der Waals surface area (Å²) in [4.78, 5) is 15.0. The lowest BCUT2D eigenvalue weighted by atomic mass is 10.0. The zero-order valence-corrected chi connectivity index (χ0v) is 24.4. The minimum absolute atomic E-state index is 0.00546. The van der Waals surface area contributed by atoms with E-state index in [1.54, 1.807) is 19.2 Å². The number of carbonyl (C=O) groups is 1. The minimum atomic E-state index is -1.16. The number of aromatic nitrogens is 1. The lowest BCUT2D eigenvalue weighted by Gasteiger charge is -2.33. The first-order valence-corrected chi connectivity index (χ1v) is 15.2. The van der Waals surface area contributed by atoms with Crippen LogP contribution in [0, 0.1) is 11.8 Å². The molecule has 3 aliphatic rings. The van der Waals surface area contributed by atoms with Crippen molar-refractivity contribution in [1.82, 2.24) is 9.47 Å². The molecule has 7 rings (SSSR count). The number of rotatable bonds is 10. The van der Waals surface area contributed by atoms with Crippen LogP contribution in [0.1, 0.15) is 35.2 Å². The van der Waals surface area contributed by atoms with E-state index in [0.717, 1.165) is 47.7 Å². The molecule has 0 bridgehead atoms. The van der Waals surface area contributed by atoms with Crippen molar-refractivity contribution in [3.05, 3.63) is 47.5 Å². The van der Waals surface area contributed by atoms with Crippen LogP contribution in [-0.4, -0.2) is 79.3 Å². The van der Waals surface area contributed by atoms with Gasteiger partial charge >= 0.3 is 0 Å². The summed E-state index contributed by atoms with van der Waals surface area (Å²) in [6.45, 7) is 3.07. The molecule has 0 unspecified atom stereocenters. The molecule has 4 heterocycles. The Balaban J connectivity index is 1.35. The van der Waals surface area contributed by atoms with Gasteiger partial charge in [-0.15, -0.1) is 0 Å². The van der Waals surface area contributed by atoms with Gasteiger partial charge in [-0.3, -0.25) is 4.79 Å². The maximum atomic E-state index is 14.3. The van der Waals surface area contributed by atoms with Gasteiger partial charge in [0.2, 0.25) is 0 Å². The summed E-state index contributed by atoms with van der Waals surface area (Å²) in [6.07, 6.45) is 1.77. The maximum Gasteiger partial charge on any atom is 0.254 e. The normalized spacial score (nSPS) is 21.0. The van der Waals surface area contributed by atoms with Crippen LogP contribution in [-0.2, 0) is 17.7 Å². The number of para-hydroxylation sites is 1. The first-order chi connectivity index (χ1) is 20.9. The third-order valence-electron chi connectivity index (χ3n) is 8.84. The van der Waals surface area contributed by atoms with E-state index in [0.29, 0.717) is 52.9 Å². The lowest BCUT2D eigenvalue weighted by molar-refractivity contribution is -0.0506. The number of aliphatic hydroxyl groups excluding tert-OH is 1. The highest BCUT2D eigenvalue weighted by Gasteiger charge is 2.32. The van der Waals surface area contributed by atoms with Gasteiger partial charge in [0.15, 0.2) is 5.76 Å². The van der Waals surface area contributed by atoms with Crippen molar-refractivity contribution >= 4 is 27.8 Å². The van der Waals surface area contributed by atoms with Gasteiger partial charge in [0.1, 0.15) is 23.3 Å². The summed E-state index contributed by atoms with van der Waals surface area (Å²) in [5.74, 6) is 2.57. The van der Waals surface area contributed by atoms with Crippen molar-refractivity contribution in [1.29, 1.82) is 0 Å². The third kappa shape index (κ3) is 5.36. The molecule has 2 aromatic heterocycles. The van der Waals surface area contributed by atoms with Gasteiger partial charge in [0.05, 0.1) is 50.1 Å². The second kappa shape index (κ2) is 11.5. The predicted octanol–water partition coefficient (Wildman–Crippen LogP) is 4.54. The van der Waals surface area contributed by atoms with Gasteiger partial charge in [0.25, 0.3) is 5.91 Å². The Morgan fingerprint density at radius 3 is 2.67 bits per heavy atom. The van der Waals surface area contributed by atoms with Gasteiger partial charge in [0, 0.05) is 54.6 Å². The number of halogens is 1. The summed E-state index contributed by atoms with van der Waals surface area (Å²) in [7, 11) is 1.55. The summed E-state index contributed by atoms with van der Waals surface area (Å²) in [5, 5.41) is 11.9. The Labute approximate surface area is 249 Å². The third-order valence-corrected chi connectivity index (χ3v) is 8.84. The quantitative estimate of drug-likeness (QED) is 0.278. The molecule has 2 aliphatic heterocycles. The zero-order chi connectivity index (χ0) is 29.7. The van der Waals surface area contributed by atoms with Crippen LogP contribution in [0.15, 0.2) is 40.8 Å². The van der Waals surface area contributed by atoms with Crippen LogP contribution >= 0.6 is 0 Å². The predicted molar refractivity (Wildman–Crippen MR) is 160 cm³/mol. The summed E-state index contributed by atoms with van der Waals surface area (Å²) in [5.41, 5.74) is 9.56. The van der Waals surface area contributed by atoms with Crippen LogP contribution in [0.3, 0.4) is 0 Å². The number of amides is 1. The largest absolute Gasteiger partial charge is 0.496 e. The number of piperidine rings is 1. The lowest BCUT2D eigenvalue weighted by Crippen LogP contribution is -2.50. The Bertz CT molecular complexity index is 1650. The second-order valence-electron chi connectivity index (χ2n) is 12.2. The number of nitrogens with two attached hydrogens (primary N) is 1. The molecule has 1 aliphatic carbocycles. The number of hydrogen-bond donors (Lipinski definition) is 2. The Morgan fingerprint density at radius 2 is 1.98 bits per heavy atom. The van der Waals surface area contributed by atoms with Gasteiger partial charge in [-0.05, 0) is 49.4 Å². The average Bonchev–Trinajstić information content (AvgIpc) is 3.61. The molecule has 228 valence electrons. The highest BCUT2D eigenvalue weighted by atomic mass is 19.1. The molecule has 3 fully saturated rings. The number of benzene rings is 2. The maximum absolute atomic E-state index is 14.3. The van der Waals surface area contributed by atoms with E-state index in [4.69, 9.17) is 24.4 Å². The van der Waals surface area contributed by atoms with Crippen LogP contribution in [0.4, 0.5) is 4.39 Å². The number of likely N-dealkylation sites (tertiary alicyclic amines) is 1. The Hall–Kier alpha value is -3.60. The molecule has 2 atom stereocenters. The number of methoxy groups -OCH3 is 1. The Kier molecular flexibility index (Phi) is 7.53. The van der Waals surface area contributed by atoms with Crippen LogP contribution in [0.2, 0.25) is 0 Å². The molecular weight excluding hydrogens is 553 g/mol. The van der Waals surface area contributed by atoms with Gasteiger partial charge in [-0.2, -0.15) is 0 Å². The van der Waals surface area contributed by atoms with Gasteiger partial charge in [-0.1, -0.05) is 12.1 Å². The standard InChI is InChI=1S/C33H38FN3O6/c1-40-28-10-22(33(39)36-14-23(34)12-24(35)15-36)11-29-30(28)25(7-8-38)32(43-29)26-9-21-3-2-4-27(42-18-20-16-41-17-20)31(21)37(26)13-19-5-6-19/h2-4,9-11,19-20,23-24,38H,5-8,12-18,35H2,1H3/t23-,24-/m1/s1. The van der Waals surface area contributed by atoms with Crippen LogP contribution in [0.5, 0.6) is 11.5 Å². The fourth-order valence-electron chi connectivity index (χ4n) is 6.45. The van der Waals surface area contributed by atoms with E-state index in [1.165, 1.54) is 17.7 Å². The van der Waals surface area contributed by atoms with Crippen LogP contribution < -0.4 is 15.2 Å². The molecular formula is C33H38FN3O6. The first-order valence-electron chi connectivity index (χ1n) is 15.2. The number of furan rings is 1. The first kappa shape index (κ1) is 28.2. The molecule has 3 N–H and O–H groups in total. The second-order valence-corrected chi connectivity index (χ2v) is 12.2. The molecule has 9 nitrogen and oxygen atoms in total. The Morgan fingerprint density at radius 1 is 1.14 bits per heavy atom. The van der Waals surface area contributed by atoms with E-state index in [2.05, 4.69) is 16.7 Å². The van der Waals surface area contributed by atoms with Crippen molar-refractivity contribution in [2.75, 3.05) is 46.6 Å². The van der Waals surface area contributed by atoms with E-state index in [-0.39, 0.29) is 32.0 Å². The van der Waals surface area contributed by atoms with Crippen molar-refractivity contribution in [3.63, 3.8) is 0 Å². The number of aliphatic hydroxyl groups is 1. The van der Waals surface area contributed by atoms with E-state index in [1.807, 2.05) is 12.1 Å². The van der Waals surface area contributed by atoms with Gasteiger partial charge < -0.3 is 38.9 Å². The molecule has 0 radical (unpaired) electrons. The molecule has 4 aromatic rings. The highest BCUT2D eigenvalue weighted by molar-refractivity contribution is 6.02. The topological polar surface area (TPSA) is 112 Å². The average molecular weight is 592 g/mol.